The molecule has 1 aromatic carbocycles. The largest absolute Gasteiger partial charge is 0.378 e. The zero-order chi connectivity index (χ0) is 13.4. The molecule has 0 saturated carbocycles. The first kappa shape index (κ1) is 14.5. The van der Waals surface area contributed by atoms with Gasteiger partial charge in [-0.3, -0.25) is 0 Å². The van der Waals surface area contributed by atoms with Crippen LogP contribution in [0, 0.1) is 0 Å². The van der Waals surface area contributed by atoms with Crippen LogP contribution in [0.5, 0.6) is 0 Å². The van der Waals surface area contributed by atoms with Gasteiger partial charge in [0.1, 0.15) is 5.60 Å². The zero-order valence-electron chi connectivity index (χ0n) is 11.6. The highest BCUT2D eigenvalue weighted by Crippen LogP contribution is 2.22. The van der Waals surface area contributed by atoms with Crippen molar-refractivity contribution in [2.75, 3.05) is 26.4 Å². The van der Waals surface area contributed by atoms with Crippen molar-refractivity contribution in [1.29, 1.82) is 0 Å². The summed E-state index contributed by atoms with van der Waals surface area (Å²) in [6.07, 6.45) is 5.45. The predicted molar refractivity (Wildman–Crippen MR) is 77.2 cm³/mol. The summed E-state index contributed by atoms with van der Waals surface area (Å²) in [5, 5.41) is 0. The molecule has 106 valence electrons. The maximum atomic E-state index is 6.01. The summed E-state index contributed by atoms with van der Waals surface area (Å²) in [7, 11) is 0. The smallest absolute Gasteiger partial charge is 0.104 e. The number of aryl methyl sites for hydroxylation is 1. The minimum atomic E-state index is -0.217. The van der Waals surface area contributed by atoms with Crippen molar-refractivity contribution >= 4 is 0 Å². The molecular formula is C16H25NO2. The van der Waals surface area contributed by atoms with E-state index in [1.165, 1.54) is 5.56 Å². The summed E-state index contributed by atoms with van der Waals surface area (Å²) in [4.78, 5) is 0. The van der Waals surface area contributed by atoms with Crippen LogP contribution in [0.4, 0.5) is 0 Å². The van der Waals surface area contributed by atoms with Gasteiger partial charge >= 0.3 is 0 Å². The molecule has 0 radical (unpaired) electrons. The number of hydrogen-bond acceptors (Lipinski definition) is 3. The van der Waals surface area contributed by atoms with Crippen molar-refractivity contribution in [3.05, 3.63) is 35.9 Å². The molecule has 1 aliphatic heterocycles. The number of unbranched alkanes of at least 4 members (excludes halogenated alkanes) is 1. The fourth-order valence-corrected chi connectivity index (χ4v) is 2.53. The lowest BCUT2D eigenvalue weighted by molar-refractivity contribution is -0.123. The molecule has 3 nitrogen and oxygen atoms in total. The number of benzene rings is 1. The third kappa shape index (κ3) is 4.60. The van der Waals surface area contributed by atoms with Crippen LogP contribution >= 0.6 is 0 Å². The monoisotopic (exact) mass is 263 g/mol. The maximum Gasteiger partial charge on any atom is 0.104 e. The van der Waals surface area contributed by atoms with Crippen molar-refractivity contribution in [2.24, 2.45) is 5.73 Å². The van der Waals surface area contributed by atoms with E-state index in [9.17, 15) is 0 Å². The van der Waals surface area contributed by atoms with Crippen molar-refractivity contribution in [3.8, 4) is 0 Å². The van der Waals surface area contributed by atoms with Crippen molar-refractivity contribution in [1.82, 2.24) is 0 Å². The Morgan fingerprint density at radius 1 is 1.21 bits per heavy atom. The summed E-state index contributed by atoms with van der Waals surface area (Å²) >= 11 is 0. The maximum absolute atomic E-state index is 6.01. The van der Waals surface area contributed by atoms with Gasteiger partial charge in [0.2, 0.25) is 0 Å². The fourth-order valence-electron chi connectivity index (χ4n) is 2.53. The van der Waals surface area contributed by atoms with Gasteiger partial charge in [0.25, 0.3) is 0 Å². The van der Waals surface area contributed by atoms with Gasteiger partial charge in [-0.15, -0.1) is 0 Å². The van der Waals surface area contributed by atoms with Gasteiger partial charge in [-0.25, -0.2) is 0 Å². The van der Waals surface area contributed by atoms with Crippen LogP contribution in [-0.2, 0) is 15.9 Å². The van der Waals surface area contributed by atoms with Gasteiger partial charge in [-0.2, -0.15) is 0 Å². The van der Waals surface area contributed by atoms with Gasteiger partial charge in [0, 0.05) is 19.8 Å². The van der Waals surface area contributed by atoms with E-state index < -0.39 is 0 Å². The molecule has 1 unspecified atom stereocenters. The molecule has 2 rings (SSSR count). The molecular weight excluding hydrogens is 238 g/mol. The van der Waals surface area contributed by atoms with Crippen molar-refractivity contribution in [3.63, 3.8) is 0 Å². The van der Waals surface area contributed by atoms with Gasteiger partial charge < -0.3 is 15.2 Å². The molecule has 2 N–H and O–H groups in total. The Bertz CT molecular complexity index is 347. The highest BCUT2D eigenvalue weighted by molar-refractivity contribution is 5.14. The van der Waals surface area contributed by atoms with E-state index in [1.807, 2.05) is 0 Å². The zero-order valence-corrected chi connectivity index (χ0v) is 11.6. The molecule has 0 aromatic heterocycles. The highest BCUT2D eigenvalue weighted by atomic mass is 16.5. The molecule has 0 bridgehead atoms. The molecule has 1 aromatic rings. The Hall–Kier alpha value is -0.900. The Morgan fingerprint density at radius 3 is 2.74 bits per heavy atom. The van der Waals surface area contributed by atoms with E-state index in [1.54, 1.807) is 0 Å². The topological polar surface area (TPSA) is 44.5 Å². The van der Waals surface area contributed by atoms with Gasteiger partial charge in [0.05, 0.1) is 6.61 Å². The van der Waals surface area contributed by atoms with Crippen LogP contribution in [-0.4, -0.2) is 32.0 Å². The molecule has 3 heteroatoms. The summed E-state index contributed by atoms with van der Waals surface area (Å²) in [6.45, 7) is 2.85. The Kier molecular flexibility index (Phi) is 5.83. The first-order valence-corrected chi connectivity index (χ1v) is 7.30. The molecule has 1 fully saturated rings. The molecule has 1 aliphatic rings. The third-order valence-electron chi connectivity index (χ3n) is 3.77. The molecule has 1 heterocycles. The van der Waals surface area contributed by atoms with E-state index in [4.69, 9.17) is 15.2 Å². The number of ether oxygens (including phenoxy) is 2. The summed E-state index contributed by atoms with van der Waals surface area (Å²) in [5.41, 5.74) is 7.02. The van der Waals surface area contributed by atoms with Crippen LogP contribution in [0.2, 0.25) is 0 Å². The second-order valence-corrected chi connectivity index (χ2v) is 5.33. The van der Waals surface area contributed by atoms with E-state index >= 15 is 0 Å². The average Bonchev–Trinajstić information content (AvgIpc) is 2.49. The molecule has 19 heavy (non-hydrogen) atoms. The summed E-state index contributed by atoms with van der Waals surface area (Å²) in [5.74, 6) is 0. The molecule has 0 amide bonds. The molecule has 1 atom stereocenters. The van der Waals surface area contributed by atoms with E-state index in [0.717, 1.165) is 45.3 Å². The van der Waals surface area contributed by atoms with Crippen molar-refractivity contribution < 1.29 is 9.47 Å². The van der Waals surface area contributed by atoms with Crippen LogP contribution in [0.3, 0.4) is 0 Å². The first-order chi connectivity index (χ1) is 9.35. The number of hydrogen-bond donors (Lipinski definition) is 1. The van der Waals surface area contributed by atoms with Gasteiger partial charge in [-0.05, 0) is 37.7 Å². The normalized spacial score (nSPS) is 23.4. The van der Waals surface area contributed by atoms with E-state index in [2.05, 4.69) is 30.3 Å². The lowest BCUT2D eigenvalue weighted by Gasteiger charge is -2.35. The Balaban J connectivity index is 1.63. The summed E-state index contributed by atoms with van der Waals surface area (Å²) in [6, 6.07) is 10.6. The fraction of sp³-hybridized carbons (Fsp3) is 0.625. The van der Waals surface area contributed by atoms with Crippen LogP contribution in [0.1, 0.15) is 31.2 Å². The molecule has 0 aliphatic carbocycles. The van der Waals surface area contributed by atoms with Crippen molar-refractivity contribution in [2.45, 2.75) is 37.7 Å². The SMILES string of the molecule is NCC1(OCCCCc2ccccc2)CCCOC1. The second kappa shape index (κ2) is 7.63. The average molecular weight is 263 g/mol. The lowest BCUT2D eigenvalue weighted by Crippen LogP contribution is -2.48. The number of nitrogens with two attached hydrogens (primary N) is 1. The third-order valence-corrected chi connectivity index (χ3v) is 3.77. The van der Waals surface area contributed by atoms with E-state index in [-0.39, 0.29) is 5.60 Å². The van der Waals surface area contributed by atoms with Gasteiger partial charge in [-0.1, -0.05) is 30.3 Å². The first-order valence-electron chi connectivity index (χ1n) is 7.30. The quantitative estimate of drug-likeness (QED) is 0.769. The Morgan fingerprint density at radius 2 is 2.05 bits per heavy atom. The minimum Gasteiger partial charge on any atom is -0.378 e. The summed E-state index contributed by atoms with van der Waals surface area (Å²) < 4.78 is 11.5. The lowest BCUT2D eigenvalue weighted by atomic mass is 9.96. The standard InChI is InChI=1S/C16H25NO2/c17-13-16(10-6-11-18-14-16)19-12-5-4-9-15-7-2-1-3-8-15/h1-3,7-8H,4-6,9-14,17H2. The van der Waals surface area contributed by atoms with Gasteiger partial charge in [0.15, 0.2) is 0 Å². The van der Waals surface area contributed by atoms with Crippen LogP contribution in [0.15, 0.2) is 30.3 Å². The predicted octanol–water partition coefficient (Wildman–Crippen LogP) is 2.53. The van der Waals surface area contributed by atoms with E-state index in [0.29, 0.717) is 13.2 Å². The Labute approximate surface area is 116 Å². The highest BCUT2D eigenvalue weighted by Gasteiger charge is 2.32. The molecule has 1 saturated heterocycles. The molecule has 0 spiro atoms. The minimum absolute atomic E-state index is 0.217. The van der Waals surface area contributed by atoms with Crippen LogP contribution < -0.4 is 5.73 Å². The number of rotatable bonds is 7. The van der Waals surface area contributed by atoms with Crippen LogP contribution in [0.25, 0.3) is 0 Å². The second-order valence-electron chi connectivity index (χ2n) is 5.33.